The van der Waals surface area contributed by atoms with Gasteiger partial charge >= 0.3 is 12.0 Å². The third-order valence-corrected chi connectivity index (χ3v) is 3.61. The third kappa shape index (κ3) is 4.99. The van der Waals surface area contributed by atoms with Crippen molar-refractivity contribution >= 4 is 34.3 Å². The number of rotatable bonds is 5. The Hall–Kier alpha value is -2.55. The summed E-state index contributed by atoms with van der Waals surface area (Å²) in [5, 5.41) is 5.37. The minimum atomic E-state index is -0.513. The number of carbonyl (C=O) groups excluding carboxylic acids is 2. The fourth-order valence-electron chi connectivity index (χ4n) is 1.56. The first kappa shape index (κ1) is 16.8. The second-order valence-electron chi connectivity index (χ2n) is 5.10. The number of thiazole rings is 1. The summed E-state index contributed by atoms with van der Waals surface area (Å²) in [5.41, 5.74) is 0.513. The van der Waals surface area contributed by atoms with Crippen LogP contribution in [-0.2, 0) is 4.74 Å². The molecule has 0 aliphatic heterocycles. The highest BCUT2D eigenvalue weighted by Crippen LogP contribution is 2.23. The lowest BCUT2D eigenvalue weighted by Crippen LogP contribution is -2.20. The van der Waals surface area contributed by atoms with Gasteiger partial charge in [-0.05, 0) is 12.8 Å². The number of ether oxygens (including phenoxy) is 1. The highest BCUT2D eigenvalue weighted by atomic mass is 32.1. The summed E-state index contributed by atoms with van der Waals surface area (Å²) in [6.45, 7) is 5.94. The van der Waals surface area contributed by atoms with Crippen molar-refractivity contribution in [2.24, 2.45) is 5.92 Å². The Balaban J connectivity index is 1.97. The van der Waals surface area contributed by atoms with Gasteiger partial charge in [-0.15, -0.1) is 0 Å². The molecule has 0 bridgehead atoms. The molecule has 0 radical (unpaired) electrons. The Labute approximate surface area is 137 Å². The van der Waals surface area contributed by atoms with E-state index in [9.17, 15) is 9.59 Å². The van der Waals surface area contributed by atoms with Gasteiger partial charge in [-0.3, -0.25) is 15.6 Å². The first-order valence-electron chi connectivity index (χ1n) is 6.94. The first-order valence-corrected chi connectivity index (χ1v) is 7.76. The van der Waals surface area contributed by atoms with E-state index in [2.05, 4.69) is 25.6 Å². The zero-order valence-electron chi connectivity index (χ0n) is 13.0. The minimum absolute atomic E-state index is 0.252. The lowest BCUT2D eigenvalue weighted by molar-refractivity contribution is 0.0463. The summed E-state index contributed by atoms with van der Waals surface area (Å²) in [6, 6.07) is -0.513. The van der Waals surface area contributed by atoms with Crippen molar-refractivity contribution in [2.75, 3.05) is 17.2 Å². The van der Waals surface area contributed by atoms with Gasteiger partial charge in [0.2, 0.25) is 0 Å². The molecule has 2 N–H and O–H groups in total. The Morgan fingerprint density at radius 1 is 1.30 bits per heavy atom. The zero-order valence-corrected chi connectivity index (χ0v) is 13.8. The number of carbonyl (C=O) groups is 2. The summed E-state index contributed by atoms with van der Waals surface area (Å²) in [6.07, 6.45) is 4.38. The van der Waals surface area contributed by atoms with Crippen LogP contribution in [0, 0.1) is 12.8 Å². The van der Waals surface area contributed by atoms with E-state index in [0.717, 1.165) is 11.3 Å². The number of hydrogen-bond acceptors (Lipinski definition) is 7. The molecule has 2 aromatic heterocycles. The largest absolute Gasteiger partial charge is 0.461 e. The molecule has 122 valence electrons. The van der Waals surface area contributed by atoms with Gasteiger partial charge in [0.25, 0.3) is 0 Å². The second kappa shape index (κ2) is 7.63. The Kier molecular flexibility index (Phi) is 5.58. The van der Waals surface area contributed by atoms with Gasteiger partial charge in [-0.25, -0.2) is 19.6 Å². The molecule has 2 amide bonds. The number of nitrogens with one attached hydrogen (secondary N) is 2. The minimum Gasteiger partial charge on any atom is -0.461 e. The van der Waals surface area contributed by atoms with Crippen molar-refractivity contribution in [1.82, 2.24) is 15.0 Å². The Morgan fingerprint density at radius 2 is 2.09 bits per heavy atom. The highest BCUT2D eigenvalue weighted by Gasteiger charge is 2.18. The fraction of sp³-hybridized carbons (Fsp3) is 0.357. The first-order chi connectivity index (χ1) is 11.0. The number of aryl methyl sites for hydroxylation is 1. The van der Waals surface area contributed by atoms with E-state index in [1.165, 1.54) is 18.6 Å². The molecule has 0 aromatic carbocycles. The molecule has 0 fully saturated rings. The highest BCUT2D eigenvalue weighted by molar-refractivity contribution is 7.17. The molecule has 0 spiro atoms. The van der Waals surface area contributed by atoms with E-state index in [0.29, 0.717) is 28.1 Å². The molecule has 0 saturated heterocycles. The van der Waals surface area contributed by atoms with Gasteiger partial charge in [-0.2, -0.15) is 0 Å². The molecule has 23 heavy (non-hydrogen) atoms. The van der Waals surface area contributed by atoms with E-state index >= 15 is 0 Å². The molecule has 9 heteroatoms. The average molecular weight is 335 g/mol. The summed E-state index contributed by atoms with van der Waals surface area (Å²) in [5.74, 6) is 0.133. The van der Waals surface area contributed by atoms with Gasteiger partial charge < -0.3 is 4.74 Å². The van der Waals surface area contributed by atoms with Crippen molar-refractivity contribution in [3.05, 3.63) is 29.2 Å². The number of hydrogen-bond donors (Lipinski definition) is 2. The van der Waals surface area contributed by atoms with Crippen molar-refractivity contribution in [3.63, 3.8) is 0 Å². The molecule has 0 atom stereocenters. The van der Waals surface area contributed by atoms with Crippen molar-refractivity contribution in [3.8, 4) is 0 Å². The van der Waals surface area contributed by atoms with E-state index in [4.69, 9.17) is 4.74 Å². The predicted octanol–water partition coefficient (Wildman–Crippen LogP) is 2.70. The van der Waals surface area contributed by atoms with Crippen LogP contribution < -0.4 is 10.6 Å². The van der Waals surface area contributed by atoms with Crippen LogP contribution in [0.4, 0.5) is 15.7 Å². The molecular formula is C14H17N5O3S. The number of aromatic nitrogens is 3. The third-order valence-electron chi connectivity index (χ3n) is 2.55. The smallest absolute Gasteiger partial charge is 0.350 e. The Morgan fingerprint density at radius 3 is 2.74 bits per heavy atom. The number of anilines is 2. The van der Waals surface area contributed by atoms with Crippen molar-refractivity contribution in [2.45, 2.75) is 20.8 Å². The lowest BCUT2D eigenvalue weighted by atomic mass is 10.2. The van der Waals surface area contributed by atoms with Crippen LogP contribution in [0.3, 0.4) is 0 Å². The fourth-order valence-corrected chi connectivity index (χ4v) is 2.41. The molecule has 8 nitrogen and oxygen atoms in total. The standard InChI is InChI=1S/C14H17N5O3S/c1-8(2)7-22-12(20)11-9(3)17-14(23-11)19-13(21)18-10-6-15-4-5-16-10/h4-6,8H,7H2,1-3H3,(H2,16,17,18,19,21). The predicted molar refractivity (Wildman–Crippen MR) is 86.6 cm³/mol. The zero-order chi connectivity index (χ0) is 16.8. The number of urea groups is 1. The number of amides is 2. The molecule has 0 unspecified atom stereocenters. The van der Waals surface area contributed by atoms with Crippen LogP contribution in [0.25, 0.3) is 0 Å². The summed E-state index contributed by atoms with van der Waals surface area (Å²) in [7, 11) is 0. The van der Waals surface area contributed by atoms with E-state index < -0.39 is 12.0 Å². The lowest BCUT2D eigenvalue weighted by Gasteiger charge is -2.05. The van der Waals surface area contributed by atoms with Gasteiger partial charge in [0.05, 0.1) is 18.5 Å². The topological polar surface area (TPSA) is 106 Å². The van der Waals surface area contributed by atoms with Gasteiger partial charge in [0, 0.05) is 12.4 Å². The molecule has 0 aliphatic carbocycles. The van der Waals surface area contributed by atoms with Gasteiger partial charge in [-0.1, -0.05) is 25.2 Å². The van der Waals surface area contributed by atoms with Gasteiger partial charge in [0.1, 0.15) is 4.88 Å². The van der Waals surface area contributed by atoms with E-state index in [-0.39, 0.29) is 5.92 Å². The van der Waals surface area contributed by atoms with Crippen molar-refractivity contribution < 1.29 is 14.3 Å². The molecule has 0 saturated carbocycles. The molecular weight excluding hydrogens is 318 g/mol. The number of esters is 1. The second-order valence-corrected chi connectivity index (χ2v) is 6.09. The maximum atomic E-state index is 12.0. The summed E-state index contributed by atoms with van der Waals surface area (Å²) in [4.78, 5) is 36.1. The molecule has 2 aromatic rings. The van der Waals surface area contributed by atoms with Crippen LogP contribution in [0.15, 0.2) is 18.6 Å². The van der Waals surface area contributed by atoms with Crippen molar-refractivity contribution in [1.29, 1.82) is 0 Å². The monoisotopic (exact) mass is 335 g/mol. The van der Waals surface area contributed by atoms with E-state index in [1.54, 1.807) is 6.92 Å². The SMILES string of the molecule is Cc1nc(NC(=O)Nc2cnccn2)sc1C(=O)OCC(C)C. The average Bonchev–Trinajstić information content (AvgIpc) is 2.86. The normalized spacial score (nSPS) is 10.4. The van der Waals surface area contributed by atoms with E-state index in [1.807, 2.05) is 13.8 Å². The quantitative estimate of drug-likeness (QED) is 0.814. The molecule has 2 rings (SSSR count). The maximum absolute atomic E-state index is 12.0. The van der Waals surface area contributed by atoms with Crippen LogP contribution in [0.1, 0.15) is 29.2 Å². The molecule has 2 heterocycles. The van der Waals surface area contributed by atoms with Crippen LogP contribution in [0.2, 0.25) is 0 Å². The Bertz CT molecular complexity index is 687. The molecule has 0 aliphatic rings. The summed E-state index contributed by atoms with van der Waals surface area (Å²) >= 11 is 1.06. The number of nitrogens with zero attached hydrogens (tertiary/aromatic N) is 3. The summed E-state index contributed by atoms with van der Waals surface area (Å²) < 4.78 is 5.17. The maximum Gasteiger partial charge on any atom is 0.350 e. The van der Waals surface area contributed by atoms with Crippen LogP contribution in [-0.4, -0.2) is 33.6 Å². The van der Waals surface area contributed by atoms with Gasteiger partial charge in [0.15, 0.2) is 10.9 Å². The van der Waals surface area contributed by atoms with Crippen LogP contribution in [0.5, 0.6) is 0 Å². The van der Waals surface area contributed by atoms with Crippen LogP contribution >= 0.6 is 11.3 Å².